The van der Waals surface area contributed by atoms with E-state index in [1.807, 2.05) is 48.5 Å². The minimum absolute atomic E-state index is 0.328. The molecule has 90 valence electrons. The molecule has 0 fully saturated rings. The molecule has 4 nitrogen and oxygen atoms in total. The van der Waals surface area contributed by atoms with Crippen molar-refractivity contribution < 1.29 is 5.11 Å². The molecule has 18 heavy (non-hydrogen) atoms. The van der Waals surface area contributed by atoms with Gasteiger partial charge >= 0.3 is 0 Å². The van der Waals surface area contributed by atoms with Crippen LogP contribution in [-0.4, -0.2) is 20.5 Å². The van der Waals surface area contributed by atoms with Crippen LogP contribution in [0.4, 0.5) is 0 Å². The molecule has 0 saturated carbocycles. The summed E-state index contributed by atoms with van der Waals surface area (Å²) in [5, 5.41) is 18.8. The maximum Gasteiger partial charge on any atom is 0.123 e. The maximum atomic E-state index is 9.56. The number of phenolic OH excluding ortho intramolecular Hbond substituents is 1. The zero-order valence-corrected chi connectivity index (χ0v) is 9.69. The summed E-state index contributed by atoms with van der Waals surface area (Å²) in [5.41, 5.74) is 1.92. The lowest BCUT2D eigenvalue weighted by Gasteiger charge is -2.02. The number of nitrogens with zero attached hydrogens (tertiary/aromatic N) is 2. The molecule has 0 atom stereocenters. The molecule has 4 heteroatoms. The van der Waals surface area contributed by atoms with Gasteiger partial charge < -0.3 is 5.11 Å². The van der Waals surface area contributed by atoms with Crippen molar-refractivity contribution in [1.82, 2.24) is 15.4 Å². The highest BCUT2D eigenvalue weighted by Gasteiger charge is 2.00. The van der Waals surface area contributed by atoms with Crippen LogP contribution in [0, 0.1) is 0 Å². The summed E-state index contributed by atoms with van der Waals surface area (Å²) in [6, 6.07) is 17.2. The lowest BCUT2D eigenvalue weighted by atomic mass is 10.1. The third-order valence-electron chi connectivity index (χ3n) is 2.32. The first-order chi connectivity index (χ1) is 8.88. The highest BCUT2D eigenvalue weighted by atomic mass is 16.3. The Kier molecular flexibility index (Phi) is 4.08. The van der Waals surface area contributed by atoms with E-state index in [-0.39, 0.29) is 0 Å². The number of aromatic hydroxyl groups is 1. The van der Waals surface area contributed by atoms with E-state index in [1.54, 1.807) is 18.5 Å². The second-order valence-corrected chi connectivity index (χ2v) is 3.54. The van der Waals surface area contributed by atoms with Gasteiger partial charge in [-0.3, -0.25) is 5.10 Å². The van der Waals surface area contributed by atoms with Gasteiger partial charge in [-0.2, -0.15) is 0 Å². The molecule has 1 aromatic heterocycles. The van der Waals surface area contributed by atoms with Crippen molar-refractivity contribution in [3.8, 4) is 16.9 Å². The van der Waals surface area contributed by atoms with E-state index in [0.717, 1.165) is 11.1 Å². The molecular formula is C14H13N3O. The fourth-order valence-corrected chi connectivity index (χ4v) is 1.50. The molecule has 0 aliphatic carbocycles. The van der Waals surface area contributed by atoms with Crippen LogP contribution < -0.4 is 0 Å². The number of hydrogen-bond donors (Lipinski definition) is 2. The number of H-pyrrole nitrogens is 1. The van der Waals surface area contributed by atoms with Crippen molar-refractivity contribution >= 4 is 0 Å². The fourth-order valence-electron chi connectivity index (χ4n) is 1.50. The van der Waals surface area contributed by atoms with Crippen molar-refractivity contribution in [1.29, 1.82) is 0 Å². The van der Waals surface area contributed by atoms with Gasteiger partial charge in [0.15, 0.2) is 0 Å². The van der Waals surface area contributed by atoms with E-state index < -0.39 is 0 Å². The van der Waals surface area contributed by atoms with Crippen LogP contribution in [0.5, 0.6) is 5.75 Å². The topological polar surface area (TPSA) is 61.8 Å². The molecule has 0 radical (unpaired) electrons. The predicted octanol–water partition coefficient (Wildman–Crippen LogP) is 2.86. The van der Waals surface area contributed by atoms with Crippen LogP contribution >= 0.6 is 0 Å². The van der Waals surface area contributed by atoms with E-state index in [1.165, 1.54) is 0 Å². The molecule has 3 rings (SSSR count). The molecule has 0 saturated heterocycles. The largest absolute Gasteiger partial charge is 0.507 e. The van der Waals surface area contributed by atoms with Crippen molar-refractivity contribution in [2.45, 2.75) is 0 Å². The average Bonchev–Trinajstić information content (AvgIpc) is 2.99. The van der Waals surface area contributed by atoms with Gasteiger partial charge in [0, 0.05) is 11.8 Å². The Labute approximate surface area is 105 Å². The number of aromatic amines is 1. The second kappa shape index (κ2) is 6.20. The van der Waals surface area contributed by atoms with Crippen LogP contribution in [0.1, 0.15) is 0 Å². The molecule has 2 N–H and O–H groups in total. The summed E-state index contributed by atoms with van der Waals surface area (Å²) in [7, 11) is 0. The van der Waals surface area contributed by atoms with Crippen molar-refractivity contribution in [3.05, 3.63) is 67.0 Å². The zero-order chi connectivity index (χ0) is 12.6. The Morgan fingerprint density at radius 2 is 1.61 bits per heavy atom. The molecule has 0 amide bonds. The van der Waals surface area contributed by atoms with Gasteiger partial charge in [0.05, 0.1) is 6.20 Å². The summed E-state index contributed by atoms with van der Waals surface area (Å²) >= 11 is 0. The van der Waals surface area contributed by atoms with E-state index >= 15 is 0 Å². The molecule has 1 heterocycles. The molecule has 2 aromatic carbocycles. The predicted molar refractivity (Wildman–Crippen MR) is 69.9 cm³/mol. The second-order valence-electron chi connectivity index (χ2n) is 3.54. The Morgan fingerprint density at radius 1 is 0.889 bits per heavy atom. The van der Waals surface area contributed by atoms with Gasteiger partial charge in [-0.25, -0.2) is 0 Å². The van der Waals surface area contributed by atoms with Crippen molar-refractivity contribution in [3.63, 3.8) is 0 Å². The molecule has 0 bridgehead atoms. The SMILES string of the molecule is Oc1ccccc1-c1ccccc1.c1c[nH]nn1. The summed E-state index contributed by atoms with van der Waals surface area (Å²) < 4.78 is 0. The van der Waals surface area contributed by atoms with Gasteiger partial charge in [-0.1, -0.05) is 53.7 Å². The van der Waals surface area contributed by atoms with Gasteiger partial charge in [0.1, 0.15) is 5.75 Å². The minimum Gasteiger partial charge on any atom is -0.507 e. The Hall–Kier alpha value is -2.62. The first kappa shape index (κ1) is 11.9. The lowest BCUT2D eigenvalue weighted by molar-refractivity contribution is 0.477. The van der Waals surface area contributed by atoms with Crippen LogP contribution in [0.2, 0.25) is 0 Å². The third kappa shape index (κ3) is 3.18. The zero-order valence-electron chi connectivity index (χ0n) is 9.69. The van der Waals surface area contributed by atoms with Gasteiger partial charge in [0.2, 0.25) is 0 Å². The van der Waals surface area contributed by atoms with Crippen molar-refractivity contribution in [2.24, 2.45) is 0 Å². The maximum absolute atomic E-state index is 9.56. The summed E-state index contributed by atoms with van der Waals surface area (Å²) in [6.07, 6.45) is 3.24. The standard InChI is InChI=1S/C12H10O.C2H3N3/c13-12-9-5-4-8-11(12)10-6-2-1-3-7-10;1-2-4-5-3-1/h1-9,13H;1-2H,(H,3,4,5). The molecular weight excluding hydrogens is 226 g/mol. The monoisotopic (exact) mass is 239 g/mol. The van der Waals surface area contributed by atoms with Gasteiger partial charge in [-0.15, -0.1) is 5.10 Å². The van der Waals surface area contributed by atoms with Crippen LogP contribution in [0.15, 0.2) is 67.0 Å². The van der Waals surface area contributed by atoms with E-state index in [4.69, 9.17) is 0 Å². The molecule has 0 aliphatic rings. The van der Waals surface area contributed by atoms with E-state index in [9.17, 15) is 5.11 Å². The number of rotatable bonds is 1. The first-order valence-electron chi connectivity index (χ1n) is 5.52. The molecule has 0 spiro atoms. The quantitative estimate of drug-likeness (QED) is 0.686. The number of phenols is 1. The van der Waals surface area contributed by atoms with Crippen LogP contribution in [0.25, 0.3) is 11.1 Å². The highest BCUT2D eigenvalue weighted by Crippen LogP contribution is 2.27. The van der Waals surface area contributed by atoms with Crippen molar-refractivity contribution in [2.75, 3.05) is 0 Å². The van der Waals surface area contributed by atoms with E-state index in [2.05, 4.69) is 15.4 Å². The number of hydrogen-bond acceptors (Lipinski definition) is 3. The summed E-state index contributed by atoms with van der Waals surface area (Å²) in [5.74, 6) is 0.328. The normalized spacial score (nSPS) is 9.33. The highest BCUT2D eigenvalue weighted by molar-refractivity contribution is 5.69. The lowest BCUT2D eigenvalue weighted by Crippen LogP contribution is -1.76. The molecule has 3 aromatic rings. The Bertz CT molecular complexity index is 547. The van der Waals surface area contributed by atoms with E-state index in [0.29, 0.717) is 5.75 Å². The summed E-state index contributed by atoms with van der Waals surface area (Å²) in [6.45, 7) is 0. The number of para-hydroxylation sites is 1. The summed E-state index contributed by atoms with van der Waals surface area (Å²) in [4.78, 5) is 0. The molecule has 0 unspecified atom stereocenters. The smallest absolute Gasteiger partial charge is 0.123 e. The number of benzene rings is 2. The van der Waals surface area contributed by atoms with Crippen LogP contribution in [-0.2, 0) is 0 Å². The Morgan fingerprint density at radius 3 is 2.17 bits per heavy atom. The Balaban J connectivity index is 0.000000202. The average molecular weight is 239 g/mol. The van der Waals surface area contributed by atoms with Crippen LogP contribution in [0.3, 0.4) is 0 Å². The molecule has 0 aliphatic heterocycles. The number of aromatic nitrogens is 3. The van der Waals surface area contributed by atoms with Gasteiger partial charge in [-0.05, 0) is 11.6 Å². The van der Waals surface area contributed by atoms with Gasteiger partial charge in [0.25, 0.3) is 0 Å². The number of nitrogens with one attached hydrogen (secondary N) is 1. The first-order valence-corrected chi connectivity index (χ1v) is 5.52. The fraction of sp³-hybridized carbons (Fsp3) is 0. The minimum atomic E-state index is 0.328. The third-order valence-corrected chi connectivity index (χ3v) is 2.32.